The molecule has 1 aliphatic rings. The van der Waals surface area contributed by atoms with Crippen LogP contribution in [0.3, 0.4) is 0 Å². The molecule has 19 heavy (non-hydrogen) atoms. The van der Waals surface area contributed by atoms with E-state index in [4.69, 9.17) is 11.6 Å². The van der Waals surface area contributed by atoms with Crippen molar-refractivity contribution < 1.29 is 4.79 Å². The van der Waals surface area contributed by atoms with Crippen molar-refractivity contribution in [2.45, 2.75) is 13.3 Å². The fraction of sp³-hybridized carbons (Fsp3) is 0.500. The van der Waals surface area contributed by atoms with E-state index in [9.17, 15) is 4.79 Å². The van der Waals surface area contributed by atoms with Crippen LogP contribution in [0.4, 0.5) is 5.69 Å². The van der Waals surface area contributed by atoms with Gasteiger partial charge in [-0.25, -0.2) is 0 Å². The lowest BCUT2D eigenvalue weighted by Crippen LogP contribution is -2.35. The Balaban J connectivity index is 1.91. The fourth-order valence-electron chi connectivity index (χ4n) is 2.20. The van der Waals surface area contributed by atoms with E-state index < -0.39 is 0 Å². The van der Waals surface area contributed by atoms with Gasteiger partial charge in [0.2, 0.25) is 5.91 Å². The highest BCUT2D eigenvalue weighted by Crippen LogP contribution is 2.22. The summed E-state index contributed by atoms with van der Waals surface area (Å²) in [6.45, 7) is 6.22. The van der Waals surface area contributed by atoms with E-state index in [-0.39, 0.29) is 5.91 Å². The van der Waals surface area contributed by atoms with Crippen LogP contribution in [-0.2, 0) is 4.79 Å². The van der Waals surface area contributed by atoms with E-state index >= 15 is 0 Å². The Bertz CT molecular complexity index is 442. The summed E-state index contributed by atoms with van der Waals surface area (Å²) in [4.78, 5) is 14.2. The number of amides is 1. The first-order valence-electron chi connectivity index (χ1n) is 6.65. The number of benzene rings is 1. The monoisotopic (exact) mass is 281 g/mol. The number of hydrogen-bond acceptors (Lipinski definition) is 3. The van der Waals surface area contributed by atoms with E-state index in [0.717, 1.165) is 43.9 Å². The first-order valence-corrected chi connectivity index (χ1v) is 7.02. The number of halogens is 1. The van der Waals surface area contributed by atoms with Crippen molar-refractivity contribution in [2.75, 3.05) is 38.0 Å². The van der Waals surface area contributed by atoms with Crippen molar-refractivity contribution in [3.8, 4) is 0 Å². The summed E-state index contributed by atoms with van der Waals surface area (Å²) < 4.78 is 0. The minimum absolute atomic E-state index is 0.0206. The third-order valence-electron chi connectivity index (χ3n) is 3.34. The molecule has 0 bridgehead atoms. The molecule has 1 saturated heterocycles. The van der Waals surface area contributed by atoms with Crippen molar-refractivity contribution in [3.05, 3.63) is 28.8 Å². The Morgan fingerprint density at radius 2 is 2.26 bits per heavy atom. The normalized spacial score (nSPS) is 16.9. The predicted octanol–water partition coefficient (Wildman–Crippen LogP) is 1.88. The largest absolute Gasteiger partial charge is 0.325 e. The van der Waals surface area contributed by atoms with E-state index in [2.05, 4.69) is 15.5 Å². The zero-order chi connectivity index (χ0) is 13.7. The maximum atomic E-state index is 12.0. The molecule has 0 unspecified atom stereocenters. The Morgan fingerprint density at radius 1 is 1.42 bits per heavy atom. The average Bonchev–Trinajstić information content (AvgIpc) is 2.63. The highest BCUT2D eigenvalue weighted by atomic mass is 35.5. The molecule has 4 nitrogen and oxygen atoms in total. The van der Waals surface area contributed by atoms with Crippen LogP contribution >= 0.6 is 11.6 Å². The van der Waals surface area contributed by atoms with E-state index in [1.165, 1.54) is 0 Å². The Labute approximate surface area is 119 Å². The number of nitrogens with one attached hydrogen (secondary N) is 2. The fourth-order valence-corrected chi connectivity index (χ4v) is 2.37. The van der Waals surface area contributed by atoms with Crippen LogP contribution in [0, 0.1) is 6.92 Å². The Kier molecular flexibility index (Phi) is 5.19. The van der Waals surface area contributed by atoms with Gasteiger partial charge in [-0.1, -0.05) is 17.7 Å². The van der Waals surface area contributed by atoms with Gasteiger partial charge in [0.15, 0.2) is 0 Å². The molecule has 0 spiro atoms. The lowest BCUT2D eigenvalue weighted by molar-refractivity contribution is -0.117. The molecule has 104 valence electrons. The van der Waals surface area contributed by atoms with Gasteiger partial charge in [0.05, 0.1) is 6.54 Å². The molecular formula is C14H20ClN3O. The molecular weight excluding hydrogens is 262 g/mol. The molecule has 2 N–H and O–H groups in total. The lowest BCUT2D eigenvalue weighted by atomic mass is 10.2. The van der Waals surface area contributed by atoms with Gasteiger partial charge in [-0.05, 0) is 44.1 Å². The van der Waals surface area contributed by atoms with Crippen LogP contribution in [-0.4, -0.2) is 43.5 Å². The van der Waals surface area contributed by atoms with Crippen molar-refractivity contribution in [3.63, 3.8) is 0 Å². The van der Waals surface area contributed by atoms with E-state index in [1.54, 1.807) is 0 Å². The molecule has 0 radical (unpaired) electrons. The van der Waals surface area contributed by atoms with Crippen LogP contribution in [0.15, 0.2) is 18.2 Å². The highest BCUT2D eigenvalue weighted by molar-refractivity contribution is 6.31. The SMILES string of the molecule is Cc1c(Cl)cccc1NC(=O)CN1CCCNCC1. The summed E-state index contributed by atoms with van der Waals surface area (Å²) in [6.07, 6.45) is 1.09. The zero-order valence-corrected chi connectivity index (χ0v) is 12.0. The molecule has 1 fully saturated rings. The van der Waals surface area contributed by atoms with Gasteiger partial charge in [-0.15, -0.1) is 0 Å². The van der Waals surface area contributed by atoms with Crippen molar-refractivity contribution >= 4 is 23.2 Å². The first kappa shape index (κ1) is 14.3. The number of hydrogen-bond donors (Lipinski definition) is 2. The summed E-state index contributed by atoms with van der Waals surface area (Å²) in [5.41, 5.74) is 1.71. The number of carbonyl (C=O) groups excluding carboxylic acids is 1. The quantitative estimate of drug-likeness (QED) is 0.889. The predicted molar refractivity (Wildman–Crippen MR) is 78.7 cm³/mol. The molecule has 1 aromatic carbocycles. The maximum absolute atomic E-state index is 12.0. The molecule has 0 aliphatic carbocycles. The molecule has 0 saturated carbocycles. The highest BCUT2D eigenvalue weighted by Gasteiger charge is 2.13. The van der Waals surface area contributed by atoms with Gasteiger partial charge >= 0.3 is 0 Å². The van der Waals surface area contributed by atoms with Crippen LogP contribution in [0.25, 0.3) is 0 Å². The van der Waals surface area contributed by atoms with Gasteiger partial charge in [0.1, 0.15) is 0 Å². The summed E-state index contributed by atoms with van der Waals surface area (Å²) >= 11 is 6.04. The molecule has 1 aromatic rings. The molecule has 0 aromatic heterocycles. The number of rotatable bonds is 3. The standard InChI is InChI=1S/C14H20ClN3O/c1-11-12(15)4-2-5-13(11)17-14(19)10-18-8-3-6-16-7-9-18/h2,4-5,16H,3,6-10H2,1H3,(H,17,19). The molecule has 1 heterocycles. The second kappa shape index (κ2) is 6.89. The second-order valence-electron chi connectivity index (χ2n) is 4.84. The molecule has 0 atom stereocenters. The Morgan fingerprint density at radius 3 is 3.11 bits per heavy atom. The van der Waals surface area contributed by atoms with Gasteiger partial charge in [0, 0.05) is 23.8 Å². The van der Waals surface area contributed by atoms with Gasteiger partial charge in [-0.2, -0.15) is 0 Å². The van der Waals surface area contributed by atoms with E-state index in [0.29, 0.717) is 11.6 Å². The molecule has 1 aliphatic heterocycles. The first-order chi connectivity index (χ1) is 9.16. The third-order valence-corrected chi connectivity index (χ3v) is 3.75. The maximum Gasteiger partial charge on any atom is 0.238 e. The number of carbonyl (C=O) groups is 1. The number of anilines is 1. The van der Waals surface area contributed by atoms with Crippen LogP contribution in [0.1, 0.15) is 12.0 Å². The lowest BCUT2D eigenvalue weighted by Gasteiger charge is -2.19. The van der Waals surface area contributed by atoms with E-state index in [1.807, 2.05) is 25.1 Å². The minimum atomic E-state index is 0.0206. The topological polar surface area (TPSA) is 44.4 Å². The summed E-state index contributed by atoms with van der Waals surface area (Å²) in [6, 6.07) is 5.55. The number of nitrogens with zero attached hydrogens (tertiary/aromatic N) is 1. The second-order valence-corrected chi connectivity index (χ2v) is 5.25. The molecule has 2 rings (SSSR count). The smallest absolute Gasteiger partial charge is 0.238 e. The van der Waals surface area contributed by atoms with Gasteiger partial charge in [0.25, 0.3) is 0 Å². The van der Waals surface area contributed by atoms with Crippen LogP contribution < -0.4 is 10.6 Å². The Hall–Kier alpha value is -1.10. The summed E-state index contributed by atoms with van der Waals surface area (Å²) in [5.74, 6) is 0.0206. The van der Waals surface area contributed by atoms with Crippen molar-refractivity contribution in [1.82, 2.24) is 10.2 Å². The molecule has 5 heteroatoms. The third kappa shape index (κ3) is 4.20. The van der Waals surface area contributed by atoms with Crippen molar-refractivity contribution in [2.24, 2.45) is 0 Å². The van der Waals surface area contributed by atoms with Gasteiger partial charge < -0.3 is 10.6 Å². The minimum Gasteiger partial charge on any atom is -0.325 e. The zero-order valence-electron chi connectivity index (χ0n) is 11.2. The van der Waals surface area contributed by atoms with Crippen LogP contribution in [0.5, 0.6) is 0 Å². The summed E-state index contributed by atoms with van der Waals surface area (Å²) in [7, 11) is 0. The van der Waals surface area contributed by atoms with Crippen LogP contribution in [0.2, 0.25) is 5.02 Å². The molecule has 1 amide bonds. The average molecular weight is 282 g/mol. The van der Waals surface area contributed by atoms with Crippen molar-refractivity contribution in [1.29, 1.82) is 0 Å². The van der Waals surface area contributed by atoms with Gasteiger partial charge in [-0.3, -0.25) is 9.69 Å². The summed E-state index contributed by atoms with van der Waals surface area (Å²) in [5, 5.41) is 6.94.